The molecule has 0 aliphatic heterocycles. The molecule has 1 aromatic carbocycles. The zero-order chi connectivity index (χ0) is 13.4. The molecule has 0 amide bonds. The van der Waals surface area contributed by atoms with Gasteiger partial charge in [0.25, 0.3) is 0 Å². The Labute approximate surface area is 97.2 Å². The molecule has 0 aliphatic carbocycles. The molecule has 0 aromatic heterocycles. The Kier molecular flexibility index (Phi) is 3.33. The highest BCUT2D eigenvalue weighted by atomic mass is 35.5. The quantitative estimate of drug-likeness (QED) is 0.759. The Morgan fingerprint density at radius 1 is 1.06 bits per heavy atom. The van der Waals surface area contributed by atoms with Crippen molar-refractivity contribution in [1.29, 1.82) is 0 Å². The summed E-state index contributed by atoms with van der Waals surface area (Å²) in [6, 6.07) is 0.988. The predicted molar refractivity (Wildman–Crippen MR) is 45.1 cm³/mol. The lowest BCUT2D eigenvalue weighted by atomic mass is 10.0. The lowest BCUT2D eigenvalue weighted by molar-refractivity contribution is -0.260. The van der Waals surface area contributed by atoms with Gasteiger partial charge in [-0.3, -0.25) is 0 Å². The molecule has 1 aromatic rings. The zero-order valence-corrected chi connectivity index (χ0v) is 8.56. The number of halogens is 4. The Morgan fingerprint density at radius 3 is 1.88 bits per heavy atom. The van der Waals surface area contributed by atoms with E-state index in [4.69, 9.17) is 11.6 Å². The van der Waals surface area contributed by atoms with Crippen LogP contribution in [0.5, 0.6) is 0 Å². The number of hydrogen-bond donors (Lipinski definition) is 0. The molecular formula is C9H2ClF3O4-2. The van der Waals surface area contributed by atoms with Crippen molar-refractivity contribution in [1.82, 2.24) is 0 Å². The topological polar surface area (TPSA) is 80.3 Å². The summed E-state index contributed by atoms with van der Waals surface area (Å²) in [5.74, 6) is -4.42. The average Bonchev–Trinajstić information content (AvgIpc) is 2.14. The number of rotatable bonds is 2. The number of alkyl halides is 3. The van der Waals surface area contributed by atoms with Crippen molar-refractivity contribution < 1.29 is 33.0 Å². The third-order valence-electron chi connectivity index (χ3n) is 1.87. The number of carbonyl (C=O) groups is 2. The summed E-state index contributed by atoms with van der Waals surface area (Å²) in [4.78, 5) is 21.2. The fourth-order valence-corrected chi connectivity index (χ4v) is 1.46. The van der Waals surface area contributed by atoms with Crippen LogP contribution >= 0.6 is 11.6 Å². The first-order valence-electron chi connectivity index (χ1n) is 3.98. The molecule has 17 heavy (non-hydrogen) atoms. The summed E-state index contributed by atoms with van der Waals surface area (Å²) in [6.07, 6.45) is -5.04. The summed E-state index contributed by atoms with van der Waals surface area (Å²) in [6.45, 7) is 0. The standard InChI is InChI=1S/C9H4ClF3O4/c10-4-2-1-3(9(11,12)13)5(7(14)15)6(4)8(16)17/h1-2H,(H,14,15)(H,16,17)/p-2. The van der Waals surface area contributed by atoms with Crippen LogP contribution in [0.15, 0.2) is 12.1 Å². The number of benzene rings is 1. The molecule has 0 fully saturated rings. The molecule has 8 heteroatoms. The third kappa shape index (κ3) is 2.50. The molecule has 0 aliphatic rings. The molecule has 0 N–H and O–H groups in total. The first-order chi connectivity index (χ1) is 7.66. The Morgan fingerprint density at radius 2 is 1.53 bits per heavy atom. The molecule has 0 saturated carbocycles. The normalized spacial score (nSPS) is 11.3. The maximum atomic E-state index is 12.4. The monoisotopic (exact) mass is 266 g/mol. The maximum Gasteiger partial charge on any atom is 0.417 e. The van der Waals surface area contributed by atoms with E-state index in [0.29, 0.717) is 12.1 Å². The first-order valence-corrected chi connectivity index (χ1v) is 4.36. The van der Waals surface area contributed by atoms with Crippen LogP contribution < -0.4 is 10.2 Å². The molecular weight excluding hydrogens is 265 g/mol. The number of carbonyl (C=O) groups excluding carboxylic acids is 2. The summed E-state index contributed by atoms with van der Waals surface area (Å²) >= 11 is 5.31. The van der Waals surface area contributed by atoms with E-state index in [1.165, 1.54) is 0 Å². The van der Waals surface area contributed by atoms with E-state index in [1.807, 2.05) is 0 Å². The molecule has 0 saturated heterocycles. The lowest BCUT2D eigenvalue weighted by Gasteiger charge is -2.19. The van der Waals surface area contributed by atoms with Gasteiger partial charge in [0.1, 0.15) is 0 Å². The SMILES string of the molecule is O=C([O-])c1c(Cl)ccc(C(F)(F)F)c1C(=O)[O-]. The Balaban J connectivity index is 3.72. The number of carboxylic acid groups (broad SMARTS) is 2. The highest BCUT2D eigenvalue weighted by Crippen LogP contribution is 2.35. The molecule has 0 atom stereocenters. The molecule has 0 heterocycles. The van der Waals surface area contributed by atoms with E-state index < -0.39 is 39.8 Å². The second kappa shape index (κ2) is 4.25. The van der Waals surface area contributed by atoms with Crippen molar-refractivity contribution >= 4 is 23.5 Å². The van der Waals surface area contributed by atoms with Crippen LogP contribution in [0, 0.1) is 0 Å². The van der Waals surface area contributed by atoms with E-state index in [-0.39, 0.29) is 0 Å². The minimum absolute atomic E-state index is 0.361. The van der Waals surface area contributed by atoms with Gasteiger partial charge < -0.3 is 19.8 Å². The highest BCUT2D eigenvalue weighted by molar-refractivity contribution is 6.34. The van der Waals surface area contributed by atoms with E-state index in [2.05, 4.69) is 0 Å². The van der Waals surface area contributed by atoms with Crippen molar-refractivity contribution in [3.63, 3.8) is 0 Å². The fourth-order valence-electron chi connectivity index (χ4n) is 1.23. The molecule has 4 nitrogen and oxygen atoms in total. The van der Waals surface area contributed by atoms with Crippen molar-refractivity contribution in [2.75, 3.05) is 0 Å². The van der Waals surface area contributed by atoms with E-state index in [0.717, 1.165) is 0 Å². The van der Waals surface area contributed by atoms with Crippen LogP contribution in [-0.2, 0) is 6.18 Å². The molecule has 0 unspecified atom stereocenters. The summed E-state index contributed by atoms with van der Waals surface area (Å²) < 4.78 is 37.3. The fraction of sp³-hybridized carbons (Fsp3) is 0.111. The van der Waals surface area contributed by atoms with Gasteiger partial charge in [0.15, 0.2) is 0 Å². The molecule has 1 rings (SSSR count). The first kappa shape index (κ1) is 13.3. The Hall–Kier alpha value is -1.76. The van der Waals surface area contributed by atoms with Crippen molar-refractivity contribution in [2.24, 2.45) is 0 Å². The van der Waals surface area contributed by atoms with Gasteiger partial charge in [0.05, 0.1) is 22.5 Å². The van der Waals surface area contributed by atoms with Gasteiger partial charge in [-0.25, -0.2) is 0 Å². The van der Waals surface area contributed by atoms with Gasteiger partial charge in [-0.05, 0) is 12.1 Å². The van der Waals surface area contributed by atoms with Crippen molar-refractivity contribution in [3.05, 3.63) is 33.8 Å². The van der Waals surface area contributed by atoms with Crippen LogP contribution in [0.25, 0.3) is 0 Å². The largest absolute Gasteiger partial charge is 0.545 e. The van der Waals surface area contributed by atoms with E-state index in [1.54, 1.807) is 0 Å². The zero-order valence-electron chi connectivity index (χ0n) is 7.80. The lowest BCUT2D eigenvalue weighted by Crippen LogP contribution is -2.33. The van der Waals surface area contributed by atoms with Gasteiger partial charge in [-0.15, -0.1) is 0 Å². The van der Waals surface area contributed by atoms with Gasteiger partial charge in [0, 0.05) is 11.1 Å². The van der Waals surface area contributed by atoms with Crippen molar-refractivity contribution in [3.8, 4) is 0 Å². The maximum absolute atomic E-state index is 12.4. The smallest absolute Gasteiger partial charge is 0.417 e. The third-order valence-corrected chi connectivity index (χ3v) is 2.18. The molecule has 0 bridgehead atoms. The predicted octanol–water partition coefficient (Wildman–Crippen LogP) is 0.0858. The molecule has 92 valence electrons. The van der Waals surface area contributed by atoms with E-state index in [9.17, 15) is 33.0 Å². The molecule has 0 radical (unpaired) electrons. The minimum Gasteiger partial charge on any atom is -0.545 e. The number of carboxylic acids is 2. The second-order valence-electron chi connectivity index (χ2n) is 2.92. The summed E-state index contributed by atoms with van der Waals surface area (Å²) in [7, 11) is 0. The van der Waals surface area contributed by atoms with Crippen LogP contribution in [0.3, 0.4) is 0 Å². The minimum atomic E-state index is -5.04. The van der Waals surface area contributed by atoms with Crippen molar-refractivity contribution in [2.45, 2.75) is 6.18 Å². The van der Waals surface area contributed by atoms with Gasteiger partial charge in [0.2, 0.25) is 0 Å². The number of aromatic carboxylic acids is 2. The van der Waals surface area contributed by atoms with Crippen LogP contribution in [0.2, 0.25) is 5.02 Å². The molecule has 0 spiro atoms. The highest BCUT2D eigenvalue weighted by Gasteiger charge is 2.35. The second-order valence-corrected chi connectivity index (χ2v) is 3.32. The Bertz CT molecular complexity index is 496. The van der Waals surface area contributed by atoms with E-state index >= 15 is 0 Å². The summed E-state index contributed by atoms with van der Waals surface area (Å²) in [5.41, 5.74) is -4.44. The average molecular weight is 267 g/mol. The van der Waals surface area contributed by atoms with Gasteiger partial charge >= 0.3 is 6.18 Å². The van der Waals surface area contributed by atoms with Crippen LogP contribution in [-0.4, -0.2) is 11.9 Å². The van der Waals surface area contributed by atoms with Gasteiger partial charge in [-0.1, -0.05) is 11.6 Å². The van der Waals surface area contributed by atoms with Crippen LogP contribution in [0.4, 0.5) is 13.2 Å². The number of hydrogen-bond acceptors (Lipinski definition) is 4. The van der Waals surface area contributed by atoms with Crippen LogP contribution in [0.1, 0.15) is 26.3 Å². The summed E-state index contributed by atoms with van der Waals surface area (Å²) in [5, 5.41) is 20.5. The van der Waals surface area contributed by atoms with Gasteiger partial charge in [-0.2, -0.15) is 13.2 Å².